The van der Waals surface area contributed by atoms with Gasteiger partial charge in [-0.3, -0.25) is 0 Å². The van der Waals surface area contributed by atoms with E-state index in [2.05, 4.69) is 13.5 Å². The van der Waals surface area contributed by atoms with Crippen LogP contribution in [-0.4, -0.2) is 25.9 Å². The van der Waals surface area contributed by atoms with Gasteiger partial charge in [0.15, 0.2) is 11.5 Å². The first-order valence-electron chi connectivity index (χ1n) is 6.03. The van der Waals surface area contributed by atoms with E-state index in [0.29, 0.717) is 11.5 Å². The maximum Gasteiger partial charge on any atom is 0.160 e. The molecule has 0 aromatic heterocycles. The first-order valence-corrected chi connectivity index (χ1v) is 6.03. The standard InChI is InChI=1S/C15H22O3/c1-10(2)13(9-16)11(3)12-6-7-14(17-4)15(8-12)18-5/h6-8,11,13,16H,1,9H2,2-5H3/t11-,13-/m1/s1. The van der Waals surface area contributed by atoms with Crippen molar-refractivity contribution in [2.45, 2.75) is 19.8 Å². The third-order valence-electron chi connectivity index (χ3n) is 3.37. The van der Waals surface area contributed by atoms with Crippen molar-refractivity contribution in [2.75, 3.05) is 20.8 Å². The Balaban J connectivity index is 3.05. The van der Waals surface area contributed by atoms with Crippen molar-refractivity contribution in [3.05, 3.63) is 35.9 Å². The summed E-state index contributed by atoms with van der Waals surface area (Å²) in [6, 6.07) is 5.84. The predicted molar refractivity (Wildman–Crippen MR) is 73.4 cm³/mol. The smallest absolute Gasteiger partial charge is 0.160 e. The van der Waals surface area contributed by atoms with Gasteiger partial charge in [-0.05, 0) is 30.5 Å². The SMILES string of the molecule is C=C(C)[C@@H](CO)[C@H](C)c1ccc(OC)c(OC)c1. The highest BCUT2D eigenvalue weighted by Gasteiger charge is 2.20. The molecule has 0 aliphatic rings. The van der Waals surface area contributed by atoms with Crippen LogP contribution in [0.3, 0.4) is 0 Å². The van der Waals surface area contributed by atoms with Gasteiger partial charge in [0.2, 0.25) is 0 Å². The zero-order valence-corrected chi connectivity index (χ0v) is 11.6. The zero-order valence-electron chi connectivity index (χ0n) is 11.6. The second-order valence-electron chi connectivity index (χ2n) is 4.54. The highest BCUT2D eigenvalue weighted by Crippen LogP contribution is 2.34. The van der Waals surface area contributed by atoms with Crippen LogP contribution in [-0.2, 0) is 0 Å². The van der Waals surface area contributed by atoms with E-state index in [1.54, 1.807) is 14.2 Å². The Bertz CT molecular complexity index is 412. The molecule has 1 aromatic carbocycles. The molecule has 0 bridgehead atoms. The summed E-state index contributed by atoms with van der Waals surface area (Å²) in [4.78, 5) is 0. The fraction of sp³-hybridized carbons (Fsp3) is 0.467. The van der Waals surface area contributed by atoms with Crippen LogP contribution in [0.5, 0.6) is 11.5 Å². The highest BCUT2D eigenvalue weighted by molar-refractivity contribution is 5.44. The fourth-order valence-corrected chi connectivity index (χ4v) is 2.11. The van der Waals surface area contributed by atoms with E-state index < -0.39 is 0 Å². The number of ether oxygens (including phenoxy) is 2. The van der Waals surface area contributed by atoms with Crippen molar-refractivity contribution in [3.8, 4) is 11.5 Å². The van der Waals surface area contributed by atoms with Crippen LogP contribution in [0.15, 0.2) is 30.4 Å². The Morgan fingerprint density at radius 3 is 2.33 bits per heavy atom. The normalized spacial score (nSPS) is 13.8. The summed E-state index contributed by atoms with van der Waals surface area (Å²) in [5, 5.41) is 9.44. The molecule has 0 fully saturated rings. The van der Waals surface area contributed by atoms with Gasteiger partial charge in [0.25, 0.3) is 0 Å². The second kappa shape index (κ2) is 6.45. The summed E-state index contributed by atoms with van der Waals surface area (Å²) < 4.78 is 10.5. The Morgan fingerprint density at radius 1 is 1.28 bits per heavy atom. The maximum atomic E-state index is 9.44. The number of aliphatic hydroxyl groups is 1. The van der Waals surface area contributed by atoms with Crippen molar-refractivity contribution in [2.24, 2.45) is 5.92 Å². The molecule has 1 rings (SSSR count). The van der Waals surface area contributed by atoms with E-state index in [1.165, 1.54) is 0 Å². The molecule has 1 N–H and O–H groups in total. The highest BCUT2D eigenvalue weighted by atomic mass is 16.5. The topological polar surface area (TPSA) is 38.7 Å². The molecular weight excluding hydrogens is 228 g/mol. The van der Waals surface area contributed by atoms with Gasteiger partial charge in [-0.2, -0.15) is 0 Å². The van der Waals surface area contributed by atoms with Crippen molar-refractivity contribution in [3.63, 3.8) is 0 Å². The summed E-state index contributed by atoms with van der Waals surface area (Å²) in [5.74, 6) is 1.67. The Labute approximate surface area is 109 Å². The van der Waals surface area contributed by atoms with Crippen molar-refractivity contribution in [1.29, 1.82) is 0 Å². The average molecular weight is 250 g/mol. The van der Waals surface area contributed by atoms with Crippen LogP contribution >= 0.6 is 0 Å². The minimum Gasteiger partial charge on any atom is -0.493 e. The third-order valence-corrected chi connectivity index (χ3v) is 3.37. The first kappa shape index (κ1) is 14.6. The Morgan fingerprint density at radius 2 is 1.89 bits per heavy atom. The maximum absolute atomic E-state index is 9.44. The van der Waals surface area contributed by atoms with E-state index in [4.69, 9.17) is 9.47 Å². The Kier molecular flexibility index (Phi) is 5.23. The molecule has 1 aromatic rings. The largest absolute Gasteiger partial charge is 0.493 e. The van der Waals surface area contributed by atoms with E-state index in [9.17, 15) is 5.11 Å². The molecule has 0 unspecified atom stereocenters. The van der Waals surface area contributed by atoms with Crippen LogP contribution in [0.25, 0.3) is 0 Å². The minimum absolute atomic E-state index is 0.0584. The van der Waals surface area contributed by atoms with Gasteiger partial charge in [0.1, 0.15) is 0 Å². The summed E-state index contributed by atoms with van der Waals surface area (Å²) in [5.41, 5.74) is 2.09. The molecule has 0 aliphatic carbocycles. The summed E-state index contributed by atoms with van der Waals surface area (Å²) >= 11 is 0. The minimum atomic E-state index is 0.0584. The number of aliphatic hydroxyl groups excluding tert-OH is 1. The number of benzene rings is 1. The van der Waals surface area contributed by atoms with E-state index in [0.717, 1.165) is 11.1 Å². The number of hydrogen-bond donors (Lipinski definition) is 1. The fourth-order valence-electron chi connectivity index (χ4n) is 2.11. The molecule has 0 radical (unpaired) electrons. The zero-order chi connectivity index (χ0) is 13.7. The summed E-state index contributed by atoms with van der Waals surface area (Å²) in [6.07, 6.45) is 0. The van der Waals surface area contributed by atoms with Gasteiger partial charge in [-0.25, -0.2) is 0 Å². The lowest BCUT2D eigenvalue weighted by atomic mass is 9.84. The van der Waals surface area contributed by atoms with Gasteiger partial charge in [-0.15, -0.1) is 0 Å². The number of rotatable bonds is 6. The lowest BCUT2D eigenvalue weighted by molar-refractivity contribution is 0.230. The van der Waals surface area contributed by atoms with E-state index in [1.807, 2.05) is 25.1 Å². The third kappa shape index (κ3) is 3.05. The van der Waals surface area contributed by atoms with Gasteiger partial charge >= 0.3 is 0 Å². The molecular formula is C15H22O3. The van der Waals surface area contributed by atoms with Crippen LogP contribution in [0.1, 0.15) is 25.3 Å². The average Bonchev–Trinajstić information content (AvgIpc) is 2.38. The van der Waals surface area contributed by atoms with Crippen LogP contribution < -0.4 is 9.47 Å². The first-order chi connectivity index (χ1) is 8.54. The molecule has 0 saturated heterocycles. The van der Waals surface area contributed by atoms with Gasteiger partial charge in [0.05, 0.1) is 20.8 Å². The molecule has 0 aliphatic heterocycles. The quantitative estimate of drug-likeness (QED) is 0.789. The summed E-state index contributed by atoms with van der Waals surface area (Å²) in [7, 11) is 3.24. The van der Waals surface area contributed by atoms with Crippen LogP contribution in [0.4, 0.5) is 0 Å². The molecule has 0 saturated carbocycles. The molecule has 100 valence electrons. The molecule has 3 heteroatoms. The van der Waals surface area contributed by atoms with Crippen molar-refractivity contribution in [1.82, 2.24) is 0 Å². The molecule has 0 spiro atoms. The van der Waals surface area contributed by atoms with Crippen LogP contribution in [0.2, 0.25) is 0 Å². The number of methoxy groups -OCH3 is 2. The second-order valence-corrected chi connectivity index (χ2v) is 4.54. The lowest BCUT2D eigenvalue weighted by Crippen LogP contribution is -2.15. The van der Waals surface area contributed by atoms with Gasteiger partial charge in [-0.1, -0.05) is 25.1 Å². The molecule has 2 atom stereocenters. The summed E-state index contributed by atoms with van der Waals surface area (Å²) in [6.45, 7) is 8.06. The van der Waals surface area contributed by atoms with Crippen molar-refractivity contribution < 1.29 is 14.6 Å². The predicted octanol–water partition coefficient (Wildman–Crippen LogP) is 2.99. The van der Waals surface area contributed by atoms with Crippen molar-refractivity contribution >= 4 is 0 Å². The van der Waals surface area contributed by atoms with E-state index >= 15 is 0 Å². The van der Waals surface area contributed by atoms with Gasteiger partial charge in [0, 0.05) is 5.92 Å². The molecule has 0 amide bonds. The molecule has 3 nitrogen and oxygen atoms in total. The Hall–Kier alpha value is -1.48. The molecule has 0 heterocycles. The van der Waals surface area contributed by atoms with Crippen LogP contribution in [0, 0.1) is 5.92 Å². The van der Waals surface area contributed by atoms with Gasteiger partial charge < -0.3 is 14.6 Å². The number of hydrogen-bond acceptors (Lipinski definition) is 3. The van der Waals surface area contributed by atoms with E-state index in [-0.39, 0.29) is 18.4 Å². The lowest BCUT2D eigenvalue weighted by Gasteiger charge is -2.23. The monoisotopic (exact) mass is 250 g/mol. The molecule has 18 heavy (non-hydrogen) atoms.